The first-order valence-electron chi connectivity index (χ1n) is 5.10. The maximum Gasteiger partial charge on any atom is 0.323 e. The molecule has 17 heavy (non-hydrogen) atoms. The Morgan fingerprint density at radius 3 is 2.76 bits per heavy atom. The van der Waals surface area contributed by atoms with Crippen LogP contribution in [0.3, 0.4) is 0 Å². The summed E-state index contributed by atoms with van der Waals surface area (Å²) >= 11 is 0. The first-order chi connectivity index (χ1) is 8.04. The van der Waals surface area contributed by atoms with Gasteiger partial charge in [-0.1, -0.05) is 0 Å². The van der Waals surface area contributed by atoms with Crippen molar-refractivity contribution in [3.8, 4) is 0 Å². The molecule has 1 atom stereocenters. The Labute approximate surface area is 97.9 Å². The first-order valence-corrected chi connectivity index (χ1v) is 5.10. The van der Waals surface area contributed by atoms with Crippen molar-refractivity contribution in [3.63, 3.8) is 0 Å². The van der Waals surface area contributed by atoms with E-state index in [1.54, 1.807) is 0 Å². The second kappa shape index (κ2) is 6.16. The molecule has 0 aliphatic carbocycles. The van der Waals surface area contributed by atoms with Crippen LogP contribution in [0.5, 0.6) is 0 Å². The zero-order valence-electron chi connectivity index (χ0n) is 9.43. The van der Waals surface area contributed by atoms with Crippen molar-refractivity contribution in [2.75, 3.05) is 33.4 Å². The molecule has 0 radical (unpaired) electrons. The van der Waals surface area contributed by atoms with Crippen LogP contribution in [0.1, 0.15) is 0 Å². The molecule has 1 saturated heterocycles. The number of rotatable bonds is 3. The Balaban J connectivity index is 2.50. The van der Waals surface area contributed by atoms with Gasteiger partial charge in [0, 0.05) is 13.6 Å². The standard InChI is InChI=1S/C9H15N3O5/c1-10-9(16)11-7(13)4-12-2-3-17-5-6(12)8(14)15/h6H,2-5H2,1H3,(H,14,15)(H2,10,11,13,16). The molecule has 3 N–H and O–H groups in total. The molecule has 1 aliphatic rings. The predicted octanol–water partition coefficient (Wildman–Crippen LogP) is -1.77. The van der Waals surface area contributed by atoms with Gasteiger partial charge in [0.15, 0.2) is 0 Å². The van der Waals surface area contributed by atoms with Gasteiger partial charge in [-0.25, -0.2) is 4.79 Å². The summed E-state index contributed by atoms with van der Waals surface area (Å²) in [4.78, 5) is 34.6. The zero-order chi connectivity index (χ0) is 12.8. The van der Waals surface area contributed by atoms with E-state index in [4.69, 9.17) is 9.84 Å². The van der Waals surface area contributed by atoms with E-state index in [9.17, 15) is 14.4 Å². The summed E-state index contributed by atoms with van der Waals surface area (Å²) < 4.78 is 5.02. The van der Waals surface area contributed by atoms with E-state index in [0.717, 1.165) is 0 Å². The van der Waals surface area contributed by atoms with Crippen LogP contribution < -0.4 is 10.6 Å². The molecule has 1 heterocycles. The molecule has 0 aromatic rings. The summed E-state index contributed by atoms with van der Waals surface area (Å²) in [6.07, 6.45) is 0. The fourth-order valence-electron chi connectivity index (χ4n) is 1.47. The Bertz CT molecular complexity index is 320. The van der Waals surface area contributed by atoms with Gasteiger partial charge in [0.25, 0.3) is 0 Å². The van der Waals surface area contributed by atoms with E-state index in [1.165, 1.54) is 11.9 Å². The highest BCUT2D eigenvalue weighted by molar-refractivity contribution is 5.95. The number of ether oxygens (including phenoxy) is 1. The van der Waals surface area contributed by atoms with Crippen LogP contribution in [-0.4, -0.2) is 67.3 Å². The Kier molecular flexibility index (Phi) is 4.85. The molecule has 3 amide bonds. The SMILES string of the molecule is CNC(=O)NC(=O)CN1CCOCC1C(=O)O. The molecule has 1 rings (SSSR count). The van der Waals surface area contributed by atoms with Gasteiger partial charge < -0.3 is 15.2 Å². The quantitative estimate of drug-likeness (QED) is 0.543. The minimum absolute atomic E-state index is 0.0442. The van der Waals surface area contributed by atoms with Gasteiger partial charge in [-0.15, -0.1) is 0 Å². The van der Waals surface area contributed by atoms with Crippen molar-refractivity contribution in [3.05, 3.63) is 0 Å². The summed E-state index contributed by atoms with van der Waals surface area (Å²) in [6, 6.07) is -1.46. The average Bonchev–Trinajstić information content (AvgIpc) is 2.29. The smallest absolute Gasteiger partial charge is 0.323 e. The van der Waals surface area contributed by atoms with Crippen LogP contribution in [0.2, 0.25) is 0 Å². The lowest BCUT2D eigenvalue weighted by Crippen LogP contribution is -2.54. The molecule has 0 spiro atoms. The lowest BCUT2D eigenvalue weighted by molar-refractivity contribution is -0.150. The van der Waals surface area contributed by atoms with Crippen molar-refractivity contribution >= 4 is 17.9 Å². The highest BCUT2D eigenvalue weighted by Gasteiger charge is 2.30. The van der Waals surface area contributed by atoms with Crippen LogP contribution in [0.4, 0.5) is 4.79 Å². The van der Waals surface area contributed by atoms with Gasteiger partial charge in [0.1, 0.15) is 6.04 Å². The van der Waals surface area contributed by atoms with E-state index in [0.29, 0.717) is 13.2 Å². The predicted molar refractivity (Wildman–Crippen MR) is 56.4 cm³/mol. The molecule has 8 heteroatoms. The van der Waals surface area contributed by atoms with Crippen LogP contribution in [0, 0.1) is 0 Å². The van der Waals surface area contributed by atoms with Gasteiger partial charge in [-0.05, 0) is 0 Å². The number of carbonyl (C=O) groups excluding carboxylic acids is 2. The third kappa shape index (κ3) is 4.00. The molecule has 0 aromatic carbocycles. The largest absolute Gasteiger partial charge is 0.480 e. The number of carboxylic acids is 1. The van der Waals surface area contributed by atoms with Crippen molar-refractivity contribution in [1.29, 1.82) is 0 Å². The third-order valence-electron chi connectivity index (χ3n) is 2.35. The number of nitrogens with zero attached hydrogens (tertiary/aromatic N) is 1. The second-order valence-electron chi connectivity index (χ2n) is 3.53. The minimum Gasteiger partial charge on any atom is -0.480 e. The van der Waals surface area contributed by atoms with Crippen molar-refractivity contribution in [2.24, 2.45) is 0 Å². The van der Waals surface area contributed by atoms with Gasteiger partial charge in [0.05, 0.1) is 19.8 Å². The summed E-state index contributed by atoms with van der Waals surface area (Å²) in [6.45, 7) is 0.617. The van der Waals surface area contributed by atoms with Crippen LogP contribution in [0.25, 0.3) is 0 Å². The van der Waals surface area contributed by atoms with E-state index < -0.39 is 23.9 Å². The topological polar surface area (TPSA) is 108 Å². The molecule has 1 aliphatic heterocycles. The van der Waals surface area contributed by atoms with E-state index >= 15 is 0 Å². The normalized spacial score (nSPS) is 20.6. The van der Waals surface area contributed by atoms with E-state index in [2.05, 4.69) is 10.6 Å². The van der Waals surface area contributed by atoms with Gasteiger partial charge in [-0.2, -0.15) is 0 Å². The summed E-state index contributed by atoms with van der Waals surface area (Å²) in [7, 11) is 1.39. The van der Waals surface area contributed by atoms with Crippen molar-refractivity contribution in [1.82, 2.24) is 15.5 Å². The number of urea groups is 1. The number of carboxylic acid groups (broad SMARTS) is 1. The maximum absolute atomic E-state index is 11.4. The number of aliphatic carboxylic acids is 1. The number of carbonyl (C=O) groups is 3. The molecule has 0 saturated carbocycles. The fraction of sp³-hybridized carbons (Fsp3) is 0.667. The lowest BCUT2D eigenvalue weighted by atomic mass is 10.2. The highest BCUT2D eigenvalue weighted by Crippen LogP contribution is 2.06. The molecule has 8 nitrogen and oxygen atoms in total. The number of imide groups is 1. The molecule has 0 aromatic heterocycles. The summed E-state index contributed by atoms with van der Waals surface area (Å²) in [5.41, 5.74) is 0. The Morgan fingerprint density at radius 1 is 1.47 bits per heavy atom. The lowest BCUT2D eigenvalue weighted by Gasteiger charge is -2.31. The molecular weight excluding hydrogens is 230 g/mol. The Morgan fingerprint density at radius 2 is 2.18 bits per heavy atom. The summed E-state index contributed by atoms with van der Waals surface area (Å²) in [5, 5.41) is 13.2. The van der Waals surface area contributed by atoms with Crippen molar-refractivity contribution < 1.29 is 24.2 Å². The van der Waals surface area contributed by atoms with Crippen LogP contribution >= 0.6 is 0 Å². The maximum atomic E-state index is 11.4. The van der Waals surface area contributed by atoms with E-state index in [-0.39, 0.29) is 13.2 Å². The molecule has 96 valence electrons. The number of hydrogen-bond donors (Lipinski definition) is 3. The summed E-state index contributed by atoms with van der Waals surface area (Å²) in [5.74, 6) is -1.59. The number of nitrogens with one attached hydrogen (secondary N) is 2. The first kappa shape index (κ1) is 13.4. The van der Waals surface area contributed by atoms with E-state index in [1.807, 2.05) is 0 Å². The number of amides is 3. The van der Waals surface area contributed by atoms with Gasteiger partial charge >= 0.3 is 12.0 Å². The monoisotopic (exact) mass is 245 g/mol. The molecule has 1 fully saturated rings. The van der Waals surface area contributed by atoms with Gasteiger partial charge in [0.2, 0.25) is 5.91 Å². The fourth-order valence-corrected chi connectivity index (χ4v) is 1.47. The second-order valence-corrected chi connectivity index (χ2v) is 3.53. The van der Waals surface area contributed by atoms with Crippen molar-refractivity contribution in [2.45, 2.75) is 6.04 Å². The Hall–Kier alpha value is -1.67. The molecule has 1 unspecified atom stereocenters. The third-order valence-corrected chi connectivity index (χ3v) is 2.35. The molecule has 0 bridgehead atoms. The number of morpholine rings is 1. The van der Waals surface area contributed by atoms with Gasteiger partial charge in [-0.3, -0.25) is 19.8 Å². The molecular formula is C9H15N3O5. The highest BCUT2D eigenvalue weighted by atomic mass is 16.5. The number of hydrogen-bond acceptors (Lipinski definition) is 5. The van der Waals surface area contributed by atoms with Crippen LogP contribution in [0.15, 0.2) is 0 Å². The minimum atomic E-state index is -1.04. The average molecular weight is 245 g/mol. The zero-order valence-corrected chi connectivity index (χ0v) is 9.43. The van der Waals surface area contributed by atoms with Crippen LogP contribution in [-0.2, 0) is 14.3 Å².